The average molecular weight is 1220 g/mol. The Morgan fingerprint density at radius 2 is 0.756 bits per heavy atom. The first-order valence-electron chi connectivity index (χ1n) is 37.6. The number of unbranched alkanes of at least 4 members (excludes halogenated alkanes) is 51. The predicted molar refractivity (Wildman–Crippen MR) is 361 cm³/mol. The Kier molecular flexibility index (Phi) is 61.8. The van der Waals surface area contributed by atoms with Gasteiger partial charge in [0, 0.05) is 12.8 Å². The van der Waals surface area contributed by atoms with Crippen LogP contribution in [0.3, 0.4) is 0 Å². The molecular weight excluding hydrogens is 1070 g/mol. The molecule has 0 aromatic heterocycles. The minimum atomic E-state index is -1.57. The third-order valence-corrected chi connectivity index (χ3v) is 18.1. The number of ether oxygens (including phenoxy) is 3. The molecule has 86 heavy (non-hydrogen) atoms. The summed E-state index contributed by atoms with van der Waals surface area (Å²) in [5.41, 5.74) is 0. The summed E-state index contributed by atoms with van der Waals surface area (Å²) in [6, 6.07) is -0.824. The van der Waals surface area contributed by atoms with Crippen LogP contribution in [0.4, 0.5) is 0 Å². The van der Waals surface area contributed by atoms with E-state index in [1.54, 1.807) is 6.08 Å². The molecule has 1 amide bonds. The second kappa shape index (κ2) is 64.7. The van der Waals surface area contributed by atoms with Crippen molar-refractivity contribution >= 4 is 11.9 Å². The van der Waals surface area contributed by atoms with Crippen LogP contribution in [0.2, 0.25) is 0 Å². The Morgan fingerprint density at radius 3 is 1.15 bits per heavy atom. The van der Waals surface area contributed by atoms with Crippen molar-refractivity contribution < 1.29 is 49.3 Å². The molecule has 0 radical (unpaired) electrons. The van der Waals surface area contributed by atoms with Crippen molar-refractivity contribution in [2.24, 2.45) is 0 Å². The molecule has 7 unspecified atom stereocenters. The number of rotatable bonds is 67. The largest absolute Gasteiger partial charge is 0.466 e. The van der Waals surface area contributed by atoms with E-state index in [0.29, 0.717) is 19.4 Å². The standard InChI is InChI=1S/C75H143NO10/c1-3-5-7-9-11-13-15-16-35-38-42-45-49-53-57-61-68(78)67(66-85-75-74(83)73(82)72(81)69(65-77)86-75)76-70(79)62-58-54-50-46-43-39-36-33-31-29-27-25-23-21-19-17-18-20-22-24-26-28-30-32-34-37-40-44-48-52-56-60-64-84-71(80)63-59-55-51-47-41-14-12-10-8-6-4-2/h42,45,57,61,67-69,72-75,77-78,81-83H,3-41,43-44,46-56,58-60,62-66H2,1-2H3,(H,76,79)/b45-42+,61-57+. The zero-order chi connectivity index (χ0) is 62.3. The summed E-state index contributed by atoms with van der Waals surface area (Å²) in [7, 11) is 0. The highest BCUT2D eigenvalue weighted by Gasteiger charge is 2.44. The number of aliphatic hydroxyl groups excluding tert-OH is 5. The lowest BCUT2D eigenvalue weighted by molar-refractivity contribution is -0.302. The molecule has 0 bridgehead atoms. The number of esters is 1. The Bertz CT molecular complexity index is 1480. The fraction of sp³-hybridized carbons (Fsp3) is 0.920. The number of hydrogen-bond acceptors (Lipinski definition) is 10. The molecule has 7 atom stereocenters. The smallest absolute Gasteiger partial charge is 0.305 e. The molecule has 0 aromatic carbocycles. The Balaban J connectivity index is 1.96. The van der Waals surface area contributed by atoms with E-state index in [1.165, 1.54) is 302 Å². The minimum Gasteiger partial charge on any atom is -0.466 e. The fourth-order valence-corrected chi connectivity index (χ4v) is 12.2. The topological polar surface area (TPSA) is 175 Å². The molecule has 0 aliphatic carbocycles. The molecule has 11 heteroatoms. The molecule has 6 N–H and O–H groups in total. The quantitative estimate of drug-likeness (QED) is 0.0195. The highest BCUT2D eigenvalue weighted by atomic mass is 16.7. The summed E-state index contributed by atoms with van der Waals surface area (Å²) < 4.78 is 16.8. The lowest BCUT2D eigenvalue weighted by atomic mass is 9.99. The summed E-state index contributed by atoms with van der Waals surface area (Å²) in [4.78, 5) is 25.1. The van der Waals surface area contributed by atoms with Gasteiger partial charge in [0.05, 0.1) is 32.0 Å². The lowest BCUT2D eigenvalue weighted by Crippen LogP contribution is -2.60. The summed E-state index contributed by atoms with van der Waals surface area (Å²) in [6.45, 7) is 4.38. The number of carbonyl (C=O) groups excluding carboxylic acids is 2. The van der Waals surface area contributed by atoms with Crippen LogP contribution < -0.4 is 5.32 Å². The van der Waals surface area contributed by atoms with Crippen LogP contribution in [0.15, 0.2) is 24.3 Å². The second-order valence-electron chi connectivity index (χ2n) is 26.4. The fourth-order valence-electron chi connectivity index (χ4n) is 12.2. The van der Waals surface area contributed by atoms with Crippen molar-refractivity contribution in [3.05, 3.63) is 24.3 Å². The van der Waals surface area contributed by atoms with Gasteiger partial charge in [0.15, 0.2) is 6.29 Å². The molecule has 1 aliphatic rings. The molecule has 1 rings (SSSR count). The van der Waals surface area contributed by atoms with Crippen LogP contribution in [0.1, 0.15) is 380 Å². The van der Waals surface area contributed by atoms with Gasteiger partial charge in [0.1, 0.15) is 24.4 Å². The monoisotopic (exact) mass is 1220 g/mol. The van der Waals surface area contributed by atoms with Crippen LogP contribution in [-0.4, -0.2) is 100 Å². The lowest BCUT2D eigenvalue weighted by Gasteiger charge is -2.40. The molecule has 1 aliphatic heterocycles. The number of carbonyl (C=O) groups is 2. The Morgan fingerprint density at radius 1 is 0.419 bits per heavy atom. The van der Waals surface area contributed by atoms with Gasteiger partial charge < -0.3 is 45.1 Å². The van der Waals surface area contributed by atoms with Gasteiger partial charge in [0.2, 0.25) is 5.91 Å². The van der Waals surface area contributed by atoms with Crippen molar-refractivity contribution in [1.29, 1.82) is 0 Å². The first-order chi connectivity index (χ1) is 42.2. The van der Waals surface area contributed by atoms with E-state index >= 15 is 0 Å². The number of hydrogen-bond donors (Lipinski definition) is 6. The SMILES string of the molecule is CCCCCCCCCCC/C=C/CC/C=C/C(O)C(COC1OC(CO)C(O)C(O)C1O)NC(=O)CCCCCCCCCCCCCCCCCCCCCCCCCCCCCCCCCCOC(=O)CCCCCCCCCCCCC. The molecule has 11 nitrogen and oxygen atoms in total. The van der Waals surface area contributed by atoms with E-state index in [9.17, 15) is 35.1 Å². The van der Waals surface area contributed by atoms with E-state index in [0.717, 1.165) is 51.4 Å². The third-order valence-electron chi connectivity index (χ3n) is 18.1. The normalized spacial score (nSPS) is 18.0. The van der Waals surface area contributed by atoms with Gasteiger partial charge in [-0.1, -0.05) is 346 Å². The van der Waals surface area contributed by atoms with Gasteiger partial charge in [-0.05, 0) is 44.9 Å². The van der Waals surface area contributed by atoms with Crippen molar-refractivity contribution in [3.63, 3.8) is 0 Å². The maximum Gasteiger partial charge on any atom is 0.305 e. The molecule has 1 fully saturated rings. The Labute approximate surface area is 531 Å². The van der Waals surface area contributed by atoms with E-state index < -0.39 is 49.5 Å². The van der Waals surface area contributed by atoms with E-state index in [2.05, 4.69) is 31.3 Å². The summed E-state index contributed by atoms with van der Waals surface area (Å²) in [5, 5.41) is 54.6. The molecule has 0 aromatic rings. The Hall–Kier alpha value is -1.86. The van der Waals surface area contributed by atoms with Gasteiger partial charge >= 0.3 is 5.97 Å². The number of amides is 1. The highest BCUT2D eigenvalue weighted by molar-refractivity contribution is 5.76. The molecular formula is C75H143NO10. The number of nitrogens with one attached hydrogen (secondary N) is 1. The van der Waals surface area contributed by atoms with Crippen LogP contribution >= 0.6 is 0 Å². The zero-order valence-electron chi connectivity index (χ0n) is 56.6. The van der Waals surface area contributed by atoms with Gasteiger partial charge in [-0.3, -0.25) is 9.59 Å². The van der Waals surface area contributed by atoms with Crippen LogP contribution in [0, 0.1) is 0 Å². The first kappa shape index (κ1) is 82.2. The number of aliphatic hydroxyl groups is 5. The predicted octanol–water partition coefficient (Wildman–Crippen LogP) is 19.6. The van der Waals surface area contributed by atoms with Gasteiger partial charge in [-0.15, -0.1) is 0 Å². The van der Waals surface area contributed by atoms with E-state index in [4.69, 9.17) is 14.2 Å². The number of allylic oxidation sites excluding steroid dienone is 3. The highest BCUT2D eigenvalue weighted by Crippen LogP contribution is 2.24. The van der Waals surface area contributed by atoms with Crippen molar-refractivity contribution in [2.75, 3.05) is 19.8 Å². The second-order valence-corrected chi connectivity index (χ2v) is 26.4. The third kappa shape index (κ3) is 52.9. The summed E-state index contributed by atoms with van der Waals surface area (Å²) in [5.74, 6) is -0.171. The van der Waals surface area contributed by atoms with Gasteiger partial charge in [-0.25, -0.2) is 0 Å². The summed E-state index contributed by atoms with van der Waals surface area (Å²) >= 11 is 0. The van der Waals surface area contributed by atoms with Crippen LogP contribution in [-0.2, 0) is 23.8 Å². The molecule has 1 heterocycles. The zero-order valence-corrected chi connectivity index (χ0v) is 56.6. The van der Waals surface area contributed by atoms with E-state index in [1.807, 2.05) is 6.08 Å². The van der Waals surface area contributed by atoms with Crippen LogP contribution in [0.5, 0.6) is 0 Å². The molecule has 0 saturated carbocycles. The van der Waals surface area contributed by atoms with Crippen molar-refractivity contribution in [1.82, 2.24) is 5.32 Å². The molecule has 508 valence electrons. The van der Waals surface area contributed by atoms with E-state index in [-0.39, 0.29) is 18.5 Å². The molecule has 1 saturated heterocycles. The average Bonchev–Trinajstić information content (AvgIpc) is 2.97. The van der Waals surface area contributed by atoms with Crippen molar-refractivity contribution in [3.8, 4) is 0 Å². The van der Waals surface area contributed by atoms with Gasteiger partial charge in [-0.2, -0.15) is 0 Å². The van der Waals surface area contributed by atoms with Crippen molar-refractivity contribution in [2.45, 2.75) is 423 Å². The maximum absolute atomic E-state index is 13.1. The van der Waals surface area contributed by atoms with Gasteiger partial charge in [0.25, 0.3) is 0 Å². The minimum absolute atomic E-state index is 0.0138. The van der Waals surface area contributed by atoms with Crippen LogP contribution in [0.25, 0.3) is 0 Å². The first-order valence-corrected chi connectivity index (χ1v) is 37.6. The molecule has 0 spiro atoms. The maximum atomic E-state index is 13.1. The summed E-state index contributed by atoms with van der Waals surface area (Å²) in [6.07, 6.45) is 71.8.